The Labute approximate surface area is 93.0 Å². The van der Waals surface area contributed by atoms with Crippen LogP contribution in [0.25, 0.3) is 0 Å². The lowest BCUT2D eigenvalue weighted by Gasteiger charge is -2.26. The van der Waals surface area contributed by atoms with Crippen molar-refractivity contribution in [3.05, 3.63) is 0 Å². The fourth-order valence-electron chi connectivity index (χ4n) is 0. The first-order valence-corrected chi connectivity index (χ1v) is 9.05. The van der Waals surface area contributed by atoms with Gasteiger partial charge in [0.2, 0.25) is 0 Å². The predicted molar refractivity (Wildman–Crippen MR) is 68.1 cm³/mol. The van der Waals surface area contributed by atoms with Crippen LogP contribution in [0, 0.1) is 0 Å². The SMILES string of the molecule is C[Si](C)(C)C(I)(I)I. The Morgan fingerprint density at radius 2 is 1.12 bits per heavy atom. The van der Waals surface area contributed by atoms with Crippen molar-refractivity contribution < 1.29 is 0 Å². The lowest BCUT2D eigenvalue weighted by Crippen LogP contribution is -2.36. The first-order valence-electron chi connectivity index (χ1n) is 2.32. The molecule has 8 heavy (non-hydrogen) atoms. The summed E-state index contributed by atoms with van der Waals surface area (Å²) < 4.78 is 0.486. The quantitative estimate of drug-likeness (QED) is 0.314. The van der Waals surface area contributed by atoms with Gasteiger partial charge in [-0.3, -0.25) is 0 Å². The summed E-state index contributed by atoms with van der Waals surface area (Å²) in [6.07, 6.45) is 0. The molecule has 0 aliphatic rings. The zero-order valence-corrected chi connectivity index (χ0v) is 12.6. The minimum atomic E-state index is -0.899. The number of hydrogen-bond donors (Lipinski definition) is 0. The van der Waals surface area contributed by atoms with Crippen molar-refractivity contribution in [2.24, 2.45) is 0 Å². The summed E-state index contributed by atoms with van der Waals surface area (Å²) >= 11 is 7.56. The summed E-state index contributed by atoms with van der Waals surface area (Å²) in [5.41, 5.74) is 0. The van der Waals surface area contributed by atoms with Gasteiger partial charge in [-0.25, -0.2) is 0 Å². The Morgan fingerprint density at radius 1 is 1.00 bits per heavy atom. The summed E-state index contributed by atoms with van der Waals surface area (Å²) in [7, 11) is -0.899. The molecule has 0 N–H and O–H groups in total. The van der Waals surface area contributed by atoms with Crippen LogP contribution in [-0.2, 0) is 0 Å². The molecule has 0 aliphatic heterocycles. The van der Waals surface area contributed by atoms with E-state index < -0.39 is 8.07 Å². The van der Waals surface area contributed by atoms with Gasteiger partial charge in [-0.05, 0) is 0 Å². The Morgan fingerprint density at radius 3 is 1.12 bits per heavy atom. The summed E-state index contributed by atoms with van der Waals surface area (Å²) in [5, 5.41) is 0. The third-order valence-electron chi connectivity index (χ3n) is 0.850. The van der Waals surface area contributed by atoms with Crippen molar-refractivity contribution in [2.45, 2.75) is 18.7 Å². The van der Waals surface area contributed by atoms with Crippen LogP contribution in [0.5, 0.6) is 0 Å². The van der Waals surface area contributed by atoms with Crippen molar-refractivity contribution >= 4 is 75.8 Å². The molecule has 0 aromatic heterocycles. The second-order valence-electron chi connectivity index (χ2n) is 2.75. The van der Waals surface area contributed by atoms with Gasteiger partial charge in [0.15, 0.2) is 0 Å². The number of rotatable bonds is 1. The Hall–Kier alpha value is 2.41. The van der Waals surface area contributed by atoms with E-state index in [1.165, 1.54) is 0 Å². The minimum absolute atomic E-state index is 0.486. The Balaban J connectivity index is 4.02. The molecule has 0 aromatic carbocycles. The average molecular weight is 466 g/mol. The zero-order chi connectivity index (χ0) is 7.00. The van der Waals surface area contributed by atoms with E-state index in [1.807, 2.05) is 0 Å². The molecule has 0 unspecified atom stereocenters. The van der Waals surface area contributed by atoms with Gasteiger partial charge < -0.3 is 0 Å². The zero-order valence-electron chi connectivity index (χ0n) is 5.13. The fraction of sp³-hybridized carbons (Fsp3) is 1.00. The predicted octanol–water partition coefficient (Wildman–Crippen LogP) is 3.82. The van der Waals surface area contributed by atoms with Crippen LogP contribution in [0.1, 0.15) is 0 Å². The molecule has 0 radical (unpaired) electrons. The summed E-state index contributed by atoms with van der Waals surface area (Å²) in [6.45, 7) is 7.16. The van der Waals surface area contributed by atoms with Crippen molar-refractivity contribution in [3.63, 3.8) is 0 Å². The monoisotopic (exact) mass is 466 g/mol. The van der Waals surface area contributed by atoms with Crippen molar-refractivity contribution in [2.75, 3.05) is 0 Å². The molecule has 0 bridgehead atoms. The molecule has 50 valence electrons. The first-order chi connectivity index (χ1) is 3.25. The Bertz CT molecular complexity index is 66.3. The van der Waals surface area contributed by atoms with E-state index in [-0.39, 0.29) is 0 Å². The molecule has 0 rings (SSSR count). The maximum atomic E-state index is 2.52. The van der Waals surface area contributed by atoms with Gasteiger partial charge in [0.1, 0.15) is -0.942 Å². The van der Waals surface area contributed by atoms with E-state index in [1.54, 1.807) is 0 Å². The topological polar surface area (TPSA) is 0 Å². The van der Waals surface area contributed by atoms with E-state index in [2.05, 4.69) is 87.4 Å². The summed E-state index contributed by atoms with van der Waals surface area (Å²) in [6, 6.07) is 0. The highest BCUT2D eigenvalue weighted by Gasteiger charge is 2.35. The van der Waals surface area contributed by atoms with E-state index in [9.17, 15) is 0 Å². The Kier molecular flexibility index (Phi) is 4.17. The van der Waals surface area contributed by atoms with Crippen molar-refractivity contribution in [1.82, 2.24) is 0 Å². The van der Waals surface area contributed by atoms with E-state index >= 15 is 0 Å². The normalized spacial score (nSPS) is 14.2. The van der Waals surface area contributed by atoms with Gasteiger partial charge in [-0.2, -0.15) is 0 Å². The van der Waals surface area contributed by atoms with E-state index in [4.69, 9.17) is 0 Å². The molecule has 0 atom stereocenters. The van der Waals surface area contributed by atoms with Gasteiger partial charge in [0.05, 0.1) is 8.07 Å². The number of alkyl halides is 3. The van der Waals surface area contributed by atoms with Gasteiger partial charge in [0.25, 0.3) is 0 Å². The average Bonchev–Trinajstić information content (AvgIpc) is 1.25. The van der Waals surface area contributed by atoms with Gasteiger partial charge >= 0.3 is 0 Å². The maximum Gasteiger partial charge on any atom is 0.113 e. The highest BCUT2D eigenvalue weighted by Crippen LogP contribution is 2.43. The second-order valence-corrected chi connectivity index (χ2v) is 22.1. The molecular formula is C4H9I3Si. The molecular weight excluding hydrogens is 457 g/mol. The first kappa shape index (κ1) is 10.4. The molecule has 0 amide bonds. The van der Waals surface area contributed by atoms with Crippen LogP contribution < -0.4 is 0 Å². The molecule has 0 saturated carbocycles. The number of halogens is 3. The largest absolute Gasteiger partial charge is 0.113 e. The number of hydrogen-bond acceptors (Lipinski definition) is 0. The minimum Gasteiger partial charge on any atom is -0.0670 e. The van der Waals surface area contributed by atoms with Crippen LogP contribution in [0.15, 0.2) is 0 Å². The van der Waals surface area contributed by atoms with Crippen LogP contribution in [0.4, 0.5) is 0 Å². The summed E-state index contributed by atoms with van der Waals surface area (Å²) in [4.78, 5) is 0. The van der Waals surface area contributed by atoms with Crippen molar-refractivity contribution in [1.29, 1.82) is 0 Å². The van der Waals surface area contributed by atoms with Gasteiger partial charge in [-0.1, -0.05) is 87.4 Å². The standard InChI is InChI=1S/C4H9I3Si/c1-8(2,3)4(5,6)7/h1-3H3. The lowest BCUT2D eigenvalue weighted by atomic mass is 11.8. The molecule has 0 fully saturated rings. The van der Waals surface area contributed by atoms with Crippen LogP contribution in [0.2, 0.25) is 19.6 Å². The lowest BCUT2D eigenvalue weighted by molar-refractivity contribution is 1.66. The fourth-order valence-corrected chi connectivity index (χ4v) is 0. The third kappa shape index (κ3) is 3.54. The van der Waals surface area contributed by atoms with Gasteiger partial charge in [0, 0.05) is 0 Å². The van der Waals surface area contributed by atoms with E-state index in [0.717, 1.165) is 0 Å². The summed E-state index contributed by atoms with van der Waals surface area (Å²) in [5.74, 6) is 0. The van der Waals surface area contributed by atoms with Gasteiger partial charge in [-0.15, -0.1) is 0 Å². The molecule has 0 spiro atoms. The highest BCUT2D eigenvalue weighted by atomic mass is 127. The van der Waals surface area contributed by atoms with Crippen LogP contribution in [0.3, 0.4) is 0 Å². The molecule has 0 saturated heterocycles. The molecule has 0 heterocycles. The molecule has 0 aliphatic carbocycles. The van der Waals surface area contributed by atoms with Crippen LogP contribution in [-0.4, -0.2) is 7.13 Å². The second kappa shape index (κ2) is 3.20. The molecule has 0 nitrogen and oxygen atoms in total. The smallest absolute Gasteiger partial charge is 0.0670 e. The molecule has 0 aromatic rings. The van der Waals surface area contributed by atoms with Crippen molar-refractivity contribution in [3.8, 4) is 0 Å². The molecule has 4 heteroatoms. The third-order valence-corrected chi connectivity index (χ3v) is 17.1. The maximum absolute atomic E-state index is 2.52. The van der Waals surface area contributed by atoms with E-state index in [0.29, 0.717) is -0.942 Å². The van der Waals surface area contributed by atoms with Crippen LogP contribution >= 0.6 is 67.8 Å². The highest BCUT2D eigenvalue weighted by molar-refractivity contribution is 14.3.